The van der Waals surface area contributed by atoms with Gasteiger partial charge in [-0.15, -0.1) is 5.56 Å². The molecular weight excluding hydrogens is 672 g/mol. The Bertz CT molecular complexity index is 787. The van der Waals surface area contributed by atoms with E-state index in [1.807, 2.05) is 24.3 Å². The second-order valence-corrected chi connectivity index (χ2v) is 5.22. The second-order valence-electron chi connectivity index (χ2n) is 5.22. The predicted octanol–water partition coefficient (Wildman–Crippen LogP) is 1.60. The van der Waals surface area contributed by atoms with E-state index >= 15 is 0 Å². The van der Waals surface area contributed by atoms with Crippen molar-refractivity contribution in [3.8, 4) is 0 Å². The van der Waals surface area contributed by atoms with Crippen molar-refractivity contribution in [1.82, 2.24) is 29.5 Å². The summed E-state index contributed by atoms with van der Waals surface area (Å²) in [5, 5.41) is 37.5. The zero-order valence-electron chi connectivity index (χ0n) is 16.3. The van der Waals surface area contributed by atoms with Gasteiger partial charge in [0.05, 0.1) is 10.2 Å². The van der Waals surface area contributed by atoms with E-state index in [2.05, 4.69) is 44.4 Å². The molecule has 4 rings (SSSR count). The van der Waals surface area contributed by atoms with Gasteiger partial charge < -0.3 is 30.6 Å². The van der Waals surface area contributed by atoms with Gasteiger partial charge in [-0.05, 0) is 0 Å². The molecule has 33 heavy (non-hydrogen) atoms. The minimum absolute atomic E-state index is 0. The molecule has 14 nitrogen and oxygen atoms in total. The van der Waals surface area contributed by atoms with E-state index in [-0.39, 0.29) is 61.8 Å². The van der Waals surface area contributed by atoms with Crippen LogP contribution in [0.3, 0.4) is 0 Å². The third kappa shape index (κ3) is 19.8. The van der Waals surface area contributed by atoms with Crippen molar-refractivity contribution in [1.29, 1.82) is 0 Å². The molecule has 0 unspecified atom stereocenters. The molecule has 0 atom stereocenters. The Balaban J connectivity index is -0.000000389. The zero-order valence-corrected chi connectivity index (χ0v) is 20.4. The third-order valence-electron chi connectivity index (χ3n) is 3.09. The summed E-state index contributed by atoms with van der Waals surface area (Å²) in [5.41, 5.74) is 2.52. The van der Waals surface area contributed by atoms with Crippen molar-refractivity contribution < 1.29 is 72.0 Å². The van der Waals surface area contributed by atoms with Crippen molar-refractivity contribution in [2.45, 2.75) is 13.1 Å². The van der Waals surface area contributed by atoms with Crippen molar-refractivity contribution in [3.63, 3.8) is 0 Å². The monoisotopic (exact) mass is 686 g/mol. The summed E-state index contributed by atoms with van der Waals surface area (Å²) in [7, 11) is 0. The van der Waals surface area contributed by atoms with Crippen LogP contribution in [-0.2, 0) is 74.9 Å². The van der Waals surface area contributed by atoms with Crippen LogP contribution in [0.2, 0.25) is 0 Å². The smallest absolute Gasteiger partial charge is 0.356 e. The van der Waals surface area contributed by atoms with Crippen LogP contribution in [0.4, 0.5) is 0 Å². The van der Waals surface area contributed by atoms with Crippen molar-refractivity contribution in [3.05, 3.63) is 116 Å². The average molecular weight is 688 g/mol. The van der Waals surface area contributed by atoms with Gasteiger partial charge in [-0.25, -0.2) is 28.2 Å². The molecule has 0 amide bonds. The molecule has 0 fully saturated rings. The Labute approximate surface area is 229 Å². The Morgan fingerprint density at radius 2 is 1.36 bits per heavy atom. The molecular formula is C16H16Ag2FeN8O6. The van der Waals surface area contributed by atoms with Gasteiger partial charge in [-0.3, -0.25) is 9.36 Å². The standard InChI is InChI=1S/2C8H8N3.2Ag.Fe.2NO3/c2*1-2-4-8(3-1)5-11-7-9-6-10-11;;;;2*2-1(3)4/h2*1-4,6-7H,5H2;;;;;/q2*-1;2*+1;+2;2*-1. The fraction of sp³-hybridized carbons (Fsp3) is 0.125. The summed E-state index contributed by atoms with van der Waals surface area (Å²) in [5.74, 6) is 0. The van der Waals surface area contributed by atoms with E-state index < -0.39 is 10.2 Å². The van der Waals surface area contributed by atoms with Crippen LogP contribution in [0.15, 0.2) is 73.8 Å². The van der Waals surface area contributed by atoms with Crippen LogP contribution in [0.1, 0.15) is 11.1 Å². The topological polar surface area (TPSA) is 194 Å². The summed E-state index contributed by atoms with van der Waals surface area (Å²) >= 11 is 0. The largest absolute Gasteiger partial charge is 2.00 e. The first-order valence-corrected chi connectivity index (χ1v) is 8.06. The van der Waals surface area contributed by atoms with Crippen LogP contribution in [0, 0.1) is 30.6 Å². The molecule has 0 bridgehead atoms. The van der Waals surface area contributed by atoms with Gasteiger partial charge in [0.2, 0.25) is 0 Å². The van der Waals surface area contributed by atoms with Crippen LogP contribution in [-0.4, -0.2) is 39.7 Å². The van der Waals surface area contributed by atoms with Gasteiger partial charge in [0.25, 0.3) is 0 Å². The number of hydrogen-bond donors (Lipinski definition) is 0. The summed E-state index contributed by atoms with van der Waals surface area (Å²) < 4.78 is 3.60. The molecule has 0 saturated heterocycles. The maximum atomic E-state index is 8.25. The van der Waals surface area contributed by atoms with Gasteiger partial charge in [0.1, 0.15) is 25.3 Å². The van der Waals surface area contributed by atoms with E-state index in [0.29, 0.717) is 0 Å². The summed E-state index contributed by atoms with van der Waals surface area (Å²) in [6.45, 7) is 1.62. The molecule has 0 radical (unpaired) electrons. The molecule has 0 aliphatic heterocycles. The van der Waals surface area contributed by atoms with E-state index in [4.69, 9.17) is 30.6 Å². The summed E-state index contributed by atoms with van der Waals surface area (Å²) in [4.78, 5) is 24.2. The van der Waals surface area contributed by atoms with Gasteiger partial charge in [0.15, 0.2) is 0 Å². The number of nitrogens with zero attached hydrogens (tertiary/aromatic N) is 8. The number of rotatable bonds is 4. The fourth-order valence-electron chi connectivity index (χ4n) is 2.04. The fourth-order valence-corrected chi connectivity index (χ4v) is 2.04. The van der Waals surface area contributed by atoms with Crippen LogP contribution in [0.5, 0.6) is 0 Å². The van der Waals surface area contributed by atoms with Crippen LogP contribution in [0.25, 0.3) is 0 Å². The molecule has 0 spiro atoms. The Morgan fingerprint density at radius 3 is 1.73 bits per heavy atom. The van der Waals surface area contributed by atoms with Crippen molar-refractivity contribution >= 4 is 0 Å². The quantitative estimate of drug-likeness (QED) is 0.132. The molecule has 4 aromatic rings. The van der Waals surface area contributed by atoms with E-state index in [1.54, 1.807) is 34.7 Å². The first-order chi connectivity index (χ1) is 14.4. The summed E-state index contributed by atoms with van der Waals surface area (Å²) in [6.07, 6.45) is 6.52. The maximum Gasteiger partial charge on any atom is 2.00 e. The summed E-state index contributed by atoms with van der Waals surface area (Å²) in [6, 6.07) is 16.4. The minimum Gasteiger partial charge on any atom is -0.356 e. The average Bonchev–Trinajstić information content (AvgIpc) is 3.46. The molecule has 2 aromatic carbocycles. The van der Waals surface area contributed by atoms with Gasteiger partial charge >= 0.3 is 61.8 Å². The Hall–Kier alpha value is -2.62. The van der Waals surface area contributed by atoms with Gasteiger partial charge in [-0.2, -0.15) is 46.1 Å². The van der Waals surface area contributed by atoms with Crippen molar-refractivity contribution in [2.24, 2.45) is 0 Å². The molecule has 0 aliphatic rings. The van der Waals surface area contributed by atoms with E-state index in [9.17, 15) is 0 Å². The van der Waals surface area contributed by atoms with Gasteiger partial charge in [0, 0.05) is 13.1 Å². The first kappa shape index (κ1) is 35.0. The minimum atomic E-state index is -1.75. The molecule has 0 N–H and O–H groups in total. The van der Waals surface area contributed by atoms with E-state index in [0.717, 1.165) is 13.1 Å². The van der Waals surface area contributed by atoms with Gasteiger partial charge in [-0.1, -0.05) is 0 Å². The van der Waals surface area contributed by atoms with Crippen LogP contribution < -0.4 is 0 Å². The second kappa shape index (κ2) is 21.2. The van der Waals surface area contributed by atoms with Crippen LogP contribution >= 0.6 is 0 Å². The third-order valence-corrected chi connectivity index (χ3v) is 3.09. The normalized spacial score (nSPS) is 8.24. The number of aromatic nitrogens is 6. The molecule has 186 valence electrons. The first-order valence-electron chi connectivity index (χ1n) is 8.06. The van der Waals surface area contributed by atoms with E-state index in [1.165, 1.54) is 11.1 Å². The molecule has 2 heterocycles. The van der Waals surface area contributed by atoms with Crippen molar-refractivity contribution in [2.75, 3.05) is 0 Å². The molecule has 2 aromatic heterocycles. The number of hydrogen-bond acceptors (Lipinski definition) is 10. The Kier molecular flexibility index (Phi) is 22.5. The SMILES string of the molecule is O=[N+]([O-])[O-].O=[N+]([O-])[O-].[Ag+].[Ag+].[Fe+2].c1c[cH-]c(Cn2cncn2)c1.c1cc(Cn2cncn2)c[cH-]1. The zero-order chi connectivity index (χ0) is 22.2. The molecule has 0 aliphatic carbocycles. The molecule has 17 heteroatoms. The molecule has 0 saturated carbocycles. The maximum absolute atomic E-state index is 8.25. The predicted molar refractivity (Wildman–Crippen MR) is 103 cm³/mol. The Morgan fingerprint density at radius 1 is 0.848 bits per heavy atom.